The Morgan fingerprint density at radius 2 is 2.03 bits per heavy atom. The zero-order valence-electron chi connectivity index (χ0n) is 18.0. The molecule has 1 amide bonds. The Morgan fingerprint density at radius 3 is 2.65 bits per heavy atom. The molecule has 0 fully saturated rings. The summed E-state index contributed by atoms with van der Waals surface area (Å²) in [6.07, 6.45) is 0.530. The molecule has 0 saturated carbocycles. The number of methoxy groups -OCH3 is 1. The van der Waals surface area contributed by atoms with Crippen LogP contribution in [0.2, 0.25) is 0 Å². The van der Waals surface area contributed by atoms with Gasteiger partial charge in [-0.3, -0.25) is 9.59 Å². The Bertz CT molecular complexity index is 1030. The second-order valence-corrected chi connectivity index (χ2v) is 8.35. The number of benzene rings is 1. The van der Waals surface area contributed by atoms with Gasteiger partial charge in [0.2, 0.25) is 5.78 Å². The number of aliphatic hydroxyl groups excluding tert-OH is 1. The van der Waals surface area contributed by atoms with Crippen LogP contribution in [0.25, 0.3) is 0 Å². The molecule has 1 aliphatic rings. The van der Waals surface area contributed by atoms with Crippen molar-refractivity contribution < 1.29 is 29.3 Å². The number of Topliss-reactive ketones (excluding diaryl/α,β-unsaturated/α-hetero) is 1. The summed E-state index contributed by atoms with van der Waals surface area (Å²) in [5.41, 5.74) is 1.11. The van der Waals surface area contributed by atoms with Crippen LogP contribution >= 0.6 is 11.3 Å². The summed E-state index contributed by atoms with van der Waals surface area (Å²) in [6, 6.07) is 3.85. The largest absolute Gasteiger partial charge is 0.504 e. The van der Waals surface area contributed by atoms with Crippen LogP contribution in [-0.2, 0) is 9.53 Å². The van der Waals surface area contributed by atoms with Crippen LogP contribution in [0.3, 0.4) is 0 Å². The van der Waals surface area contributed by atoms with E-state index in [-0.39, 0.29) is 23.6 Å². The van der Waals surface area contributed by atoms with Gasteiger partial charge in [-0.05, 0) is 44.9 Å². The van der Waals surface area contributed by atoms with Gasteiger partial charge in [-0.25, -0.2) is 4.98 Å². The van der Waals surface area contributed by atoms with Gasteiger partial charge in [0.05, 0.1) is 33.8 Å². The lowest BCUT2D eigenvalue weighted by atomic mass is 9.94. The first kappa shape index (κ1) is 22.8. The molecule has 8 nitrogen and oxygen atoms in total. The molecular weight excluding hydrogens is 420 g/mol. The molecule has 1 atom stereocenters. The number of aryl methyl sites for hydroxylation is 2. The van der Waals surface area contributed by atoms with E-state index in [2.05, 4.69) is 4.98 Å². The Morgan fingerprint density at radius 1 is 1.29 bits per heavy atom. The maximum absolute atomic E-state index is 13.4. The number of aromatic nitrogens is 1. The summed E-state index contributed by atoms with van der Waals surface area (Å²) in [6.45, 7) is 6.36. The predicted octanol–water partition coefficient (Wildman–Crippen LogP) is 3.48. The third-order valence-corrected chi connectivity index (χ3v) is 6.08. The van der Waals surface area contributed by atoms with Gasteiger partial charge >= 0.3 is 0 Å². The number of aliphatic hydroxyl groups is 1. The summed E-state index contributed by atoms with van der Waals surface area (Å²) < 4.78 is 10.6. The lowest BCUT2D eigenvalue weighted by Crippen LogP contribution is -2.32. The first-order valence-electron chi connectivity index (χ1n) is 9.97. The number of hydrogen-bond donors (Lipinski definition) is 2. The van der Waals surface area contributed by atoms with Crippen LogP contribution in [0.4, 0.5) is 0 Å². The van der Waals surface area contributed by atoms with Gasteiger partial charge in [0.1, 0.15) is 0 Å². The van der Waals surface area contributed by atoms with Gasteiger partial charge in [0.15, 0.2) is 17.3 Å². The van der Waals surface area contributed by atoms with Crippen LogP contribution in [0.5, 0.6) is 11.5 Å². The molecule has 2 heterocycles. The Hall–Kier alpha value is -2.91. The zero-order valence-corrected chi connectivity index (χ0v) is 18.8. The fourth-order valence-corrected chi connectivity index (χ4v) is 4.55. The topological polar surface area (TPSA) is 109 Å². The number of phenols is 1. The molecule has 0 spiro atoms. The van der Waals surface area contributed by atoms with Crippen molar-refractivity contribution in [3.05, 3.63) is 50.7 Å². The number of ketones is 1. The van der Waals surface area contributed by atoms with Gasteiger partial charge in [0, 0.05) is 20.3 Å². The second-order valence-electron chi connectivity index (χ2n) is 7.15. The van der Waals surface area contributed by atoms with Crippen molar-refractivity contribution in [3.8, 4) is 11.5 Å². The average molecular weight is 447 g/mol. The highest BCUT2D eigenvalue weighted by Crippen LogP contribution is 2.42. The highest BCUT2D eigenvalue weighted by Gasteiger charge is 2.44. The van der Waals surface area contributed by atoms with E-state index in [1.54, 1.807) is 40.0 Å². The smallest absolute Gasteiger partial charge is 0.290 e. The van der Waals surface area contributed by atoms with Gasteiger partial charge in [-0.2, -0.15) is 0 Å². The zero-order chi connectivity index (χ0) is 22.7. The molecule has 2 aromatic rings. The van der Waals surface area contributed by atoms with Crippen LogP contribution in [0, 0.1) is 13.8 Å². The summed E-state index contributed by atoms with van der Waals surface area (Å²) in [7, 11) is 1.57. The number of carbonyl (C=O) groups is 2. The van der Waals surface area contributed by atoms with Crippen LogP contribution < -0.4 is 4.74 Å². The fraction of sp³-hybridized carbons (Fsp3) is 0.409. The van der Waals surface area contributed by atoms with Crippen molar-refractivity contribution in [1.82, 2.24) is 9.88 Å². The number of carbonyl (C=O) groups excluding carboxylic acids is 2. The molecule has 9 heteroatoms. The summed E-state index contributed by atoms with van der Waals surface area (Å²) >= 11 is 1.23. The first-order chi connectivity index (χ1) is 14.8. The fourth-order valence-electron chi connectivity index (χ4n) is 3.68. The highest BCUT2D eigenvalue weighted by atomic mass is 32.1. The first-order valence-corrected chi connectivity index (χ1v) is 10.8. The van der Waals surface area contributed by atoms with Crippen molar-refractivity contribution in [1.29, 1.82) is 0 Å². The Kier molecular flexibility index (Phi) is 6.97. The lowest BCUT2D eigenvalue weighted by Gasteiger charge is -2.27. The van der Waals surface area contributed by atoms with E-state index in [0.29, 0.717) is 35.8 Å². The molecule has 2 N–H and O–H groups in total. The molecular formula is C22H26N2O6S. The third kappa shape index (κ3) is 4.42. The van der Waals surface area contributed by atoms with E-state index >= 15 is 0 Å². The average Bonchev–Trinajstić information content (AvgIpc) is 3.20. The number of ether oxygens (including phenoxy) is 2. The predicted molar refractivity (Wildman–Crippen MR) is 116 cm³/mol. The minimum Gasteiger partial charge on any atom is -0.504 e. The number of hydrogen-bond acceptors (Lipinski definition) is 8. The standard InChI is InChI=1S/C22H26N2O6S/c1-5-30-16-11-14(7-8-15(16)25)18-17(19(26)21-12(2)23-13(3)31-21)20(27)22(28)24(18)9-6-10-29-4/h7-8,11,18,25,27H,5-6,9-10H2,1-4H3. The quantitative estimate of drug-likeness (QED) is 0.448. The Labute approximate surface area is 184 Å². The molecule has 1 unspecified atom stereocenters. The summed E-state index contributed by atoms with van der Waals surface area (Å²) in [4.78, 5) is 32.5. The van der Waals surface area contributed by atoms with Crippen molar-refractivity contribution in [2.75, 3.05) is 26.9 Å². The molecule has 3 rings (SSSR count). The third-order valence-electron chi connectivity index (χ3n) is 5.00. The molecule has 0 aliphatic carbocycles. The van der Waals surface area contributed by atoms with E-state index in [9.17, 15) is 19.8 Å². The SMILES string of the molecule is CCOc1cc(C2C(C(=O)c3sc(C)nc3C)=C(O)C(=O)N2CCCOC)ccc1O. The van der Waals surface area contributed by atoms with Gasteiger partial charge in [0.25, 0.3) is 5.91 Å². The normalized spacial score (nSPS) is 16.3. The van der Waals surface area contributed by atoms with E-state index in [1.165, 1.54) is 22.3 Å². The minimum absolute atomic E-state index is 0.00213. The van der Waals surface area contributed by atoms with Gasteiger partial charge in [-0.1, -0.05) is 6.07 Å². The van der Waals surface area contributed by atoms with Crippen molar-refractivity contribution >= 4 is 23.0 Å². The summed E-state index contributed by atoms with van der Waals surface area (Å²) in [5.74, 6) is -1.42. The number of thiazole rings is 1. The molecule has 0 bridgehead atoms. The van der Waals surface area contributed by atoms with Gasteiger partial charge < -0.3 is 24.6 Å². The maximum Gasteiger partial charge on any atom is 0.290 e. The molecule has 1 aliphatic heterocycles. The number of phenolic OH excluding ortho intramolecular Hbond substituents is 1. The lowest BCUT2D eigenvalue weighted by molar-refractivity contribution is -0.129. The number of rotatable bonds is 9. The van der Waals surface area contributed by atoms with Crippen molar-refractivity contribution in [2.45, 2.75) is 33.2 Å². The molecule has 0 radical (unpaired) electrons. The van der Waals surface area contributed by atoms with Crippen LogP contribution in [0.1, 0.15) is 45.3 Å². The number of nitrogens with zero attached hydrogens (tertiary/aromatic N) is 2. The maximum atomic E-state index is 13.4. The number of aromatic hydroxyl groups is 1. The van der Waals surface area contributed by atoms with E-state index in [0.717, 1.165) is 5.01 Å². The van der Waals surface area contributed by atoms with Crippen LogP contribution in [0.15, 0.2) is 29.5 Å². The molecule has 0 saturated heterocycles. The monoisotopic (exact) mass is 446 g/mol. The Balaban J connectivity index is 2.10. The summed E-state index contributed by atoms with van der Waals surface area (Å²) in [5, 5.41) is 21.5. The van der Waals surface area contributed by atoms with Crippen LogP contribution in [-0.4, -0.2) is 58.7 Å². The van der Waals surface area contributed by atoms with E-state index < -0.39 is 23.5 Å². The molecule has 166 valence electrons. The van der Waals surface area contributed by atoms with E-state index in [4.69, 9.17) is 9.47 Å². The molecule has 1 aromatic heterocycles. The number of amides is 1. The van der Waals surface area contributed by atoms with E-state index in [1.807, 2.05) is 0 Å². The minimum atomic E-state index is -0.821. The van der Waals surface area contributed by atoms with Crippen molar-refractivity contribution in [3.63, 3.8) is 0 Å². The highest BCUT2D eigenvalue weighted by molar-refractivity contribution is 7.14. The molecule has 1 aromatic carbocycles. The molecule has 31 heavy (non-hydrogen) atoms. The van der Waals surface area contributed by atoms with Crippen molar-refractivity contribution in [2.24, 2.45) is 0 Å². The van der Waals surface area contributed by atoms with Gasteiger partial charge in [-0.15, -0.1) is 11.3 Å². The second kappa shape index (κ2) is 9.49.